The Balaban J connectivity index is 1.44. The minimum Gasteiger partial charge on any atom is -0.494 e. The van der Waals surface area contributed by atoms with Crippen molar-refractivity contribution in [2.24, 2.45) is 0 Å². The van der Waals surface area contributed by atoms with Crippen molar-refractivity contribution in [3.05, 3.63) is 58.6 Å². The van der Waals surface area contributed by atoms with Gasteiger partial charge < -0.3 is 20.3 Å². The molecule has 0 spiro atoms. The molecule has 160 valence electrons. The van der Waals surface area contributed by atoms with E-state index in [9.17, 15) is 9.59 Å². The number of piperazine rings is 1. The zero-order valence-electron chi connectivity index (χ0n) is 16.9. The van der Waals surface area contributed by atoms with Gasteiger partial charge in [0, 0.05) is 29.7 Å². The molecule has 0 atom stereocenters. The number of aromatic nitrogens is 1. The summed E-state index contributed by atoms with van der Waals surface area (Å²) < 4.78 is 5.45. The Kier molecular flexibility index (Phi) is 6.39. The summed E-state index contributed by atoms with van der Waals surface area (Å²) in [6.45, 7) is 4.07. The highest BCUT2D eigenvalue weighted by Gasteiger charge is 2.19. The second kappa shape index (κ2) is 9.36. The number of hydrogen-bond donors (Lipinski definition) is 2. The van der Waals surface area contributed by atoms with Crippen LogP contribution in [0.15, 0.2) is 47.8 Å². The Morgan fingerprint density at radius 3 is 2.81 bits per heavy atom. The molecule has 4 rings (SSSR count). The van der Waals surface area contributed by atoms with E-state index in [1.807, 2.05) is 42.2 Å². The first-order valence-corrected chi connectivity index (χ1v) is 11.1. The summed E-state index contributed by atoms with van der Waals surface area (Å²) >= 11 is 7.81. The molecule has 1 aliphatic heterocycles. The van der Waals surface area contributed by atoms with Gasteiger partial charge >= 0.3 is 0 Å². The Morgan fingerprint density at radius 2 is 2.10 bits per heavy atom. The topological polar surface area (TPSA) is 83.6 Å². The van der Waals surface area contributed by atoms with Crippen LogP contribution in [0.25, 0.3) is 10.6 Å². The van der Waals surface area contributed by atoms with Crippen molar-refractivity contribution >= 4 is 46.1 Å². The van der Waals surface area contributed by atoms with Gasteiger partial charge in [0.15, 0.2) is 0 Å². The number of rotatable bonds is 6. The van der Waals surface area contributed by atoms with Gasteiger partial charge in [-0.05, 0) is 49.4 Å². The Bertz CT molecular complexity index is 1100. The van der Waals surface area contributed by atoms with E-state index in [0.717, 1.165) is 22.0 Å². The molecule has 0 radical (unpaired) electrons. The largest absolute Gasteiger partial charge is 0.494 e. The number of carbonyl (C=O) groups is 2. The third kappa shape index (κ3) is 4.98. The summed E-state index contributed by atoms with van der Waals surface area (Å²) in [7, 11) is 0. The number of nitrogens with one attached hydrogen (secondary N) is 2. The van der Waals surface area contributed by atoms with Gasteiger partial charge in [0.05, 0.1) is 23.9 Å². The molecule has 7 nitrogen and oxygen atoms in total. The molecule has 1 aliphatic rings. The van der Waals surface area contributed by atoms with E-state index < -0.39 is 0 Å². The summed E-state index contributed by atoms with van der Waals surface area (Å²) in [5, 5.41) is 8.57. The van der Waals surface area contributed by atoms with E-state index in [2.05, 4.69) is 15.6 Å². The molecule has 0 bridgehead atoms. The summed E-state index contributed by atoms with van der Waals surface area (Å²) in [6.07, 6.45) is 0. The molecular formula is C22H21ClN4O3S. The fourth-order valence-electron chi connectivity index (χ4n) is 3.25. The number of anilines is 2. The van der Waals surface area contributed by atoms with Crippen LogP contribution in [0.1, 0.15) is 17.4 Å². The van der Waals surface area contributed by atoms with E-state index in [4.69, 9.17) is 16.3 Å². The minimum absolute atomic E-state index is 0.0356. The lowest BCUT2D eigenvalue weighted by Gasteiger charge is -2.29. The Hall–Kier alpha value is -3.10. The molecule has 2 aromatic carbocycles. The first-order chi connectivity index (χ1) is 15.0. The van der Waals surface area contributed by atoms with Gasteiger partial charge in [0.1, 0.15) is 16.5 Å². The number of benzene rings is 2. The van der Waals surface area contributed by atoms with E-state index in [1.54, 1.807) is 17.5 Å². The molecule has 2 amide bonds. The summed E-state index contributed by atoms with van der Waals surface area (Å²) in [5.41, 5.74) is 2.59. The highest BCUT2D eigenvalue weighted by molar-refractivity contribution is 7.13. The normalized spacial score (nSPS) is 13.6. The van der Waals surface area contributed by atoms with Crippen molar-refractivity contribution in [2.45, 2.75) is 6.92 Å². The Labute approximate surface area is 189 Å². The first kappa shape index (κ1) is 21.1. The first-order valence-electron chi connectivity index (χ1n) is 9.85. The number of amides is 2. The minimum atomic E-state index is -0.311. The molecule has 9 heteroatoms. The van der Waals surface area contributed by atoms with Crippen molar-refractivity contribution < 1.29 is 14.3 Å². The molecule has 0 unspecified atom stereocenters. The van der Waals surface area contributed by atoms with Crippen LogP contribution in [-0.2, 0) is 4.79 Å². The Morgan fingerprint density at radius 1 is 1.29 bits per heavy atom. The van der Waals surface area contributed by atoms with E-state index in [0.29, 0.717) is 36.1 Å². The maximum atomic E-state index is 12.6. The van der Waals surface area contributed by atoms with Crippen molar-refractivity contribution in [2.75, 3.05) is 36.5 Å². The predicted octanol–water partition coefficient (Wildman–Crippen LogP) is 4.05. The monoisotopic (exact) mass is 456 g/mol. The number of halogens is 1. The second-order valence-corrected chi connectivity index (χ2v) is 8.15. The lowest BCUT2D eigenvalue weighted by molar-refractivity contribution is -0.120. The maximum Gasteiger partial charge on any atom is 0.275 e. The standard InChI is InChI=1S/C22H21ClN4O3S/c1-2-30-16-6-3-14(4-7-16)22-26-18(13-31-22)21(29)25-15-5-8-19(17(23)11-15)27-10-9-24-20(28)12-27/h3-8,11,13H,2,9-10,12H2,1H3,(H,24,28)(H,25,29). The average Bonchev–Trinajstić information content (AvgIpc) is 3.25. The highest BCUT2D eigenvalue weighted by Crippen LogP contribution is 2.30. The molecule has 1 saturated heterocycles. The number of ether oxygens (including phenoxy) is 1. The zero-order chi connectivity index (χ0) is 21.8. The molecule has 0 aliphatic carbocycles. The number of nitrogens with zero attached hydrogens (tertiary/aromatic N) is 2. The average molecular weight is 457 g/mol. The van der Waals surface area contributed by atoms with Crippen LogP contribution >= 0.6 is 22.9 Å². The molecule has 0 saturated carbocycles. The quantitative estimate of drug-likeness (QED) is 0.584. The van der Waals surface area contributed by atoms with Gasteiger partial charge in [-0.25, -0.2) is 4.98 Å². The van der Waals surface area contributed by atoms with Gasteiger partial charge in [-0.2, -0.15) is 0 Å². The van der Waals surface area contributed by atoms with Crippen LogP contribution in [0.2, 0.25) is 5.02 Å². The number of hydrogen-bond acceptors (Lipinski definition) is 6. The lowest BCUT2D eigenvalue weighted by Crippen LogP contribution is -2.47. The maximum absolute atomic E-state index is 12.6. The third-order valence-electron chi connectivity index (χ3n) is 4.73. The summed E-state index contributed by atoms with van der Waals surface area (Å²) in [5.74, 6) is 0.451. The zero-order valence-corrected chi connectivity index (χ0v) is 18.4. The smallest absolute Gasteiger partial charge is 0.275 e. The van der Waals surface area contributed by atoms with Crippen molar-refractivity contribution in [1.82, 2.24) is 10.3 Å². The van der Waals surface area contributed by atoms with E-state index >= 15 is 0 Å². The SMILES string of the molecule is CCOc1ccc(-c2nc(C(=O)Nc3ccc(N4CCNC(=O)C4)c(Cl)c3)cs2)cc1. The predicted molar refractivity (Wildman–Crippen MR) is 123 cm³/mol. The van der Waals surface area contributed by atoms with Gasteiger partial charge in [0.2, 0.25) is 5.91 Å². The number of carbonyl (C=O) groups excluding carboxylic acids is 2. The summed E-state index contributed by atoms with van der Waals surface area (Å²) in [6, 6.07) is 12.9. The van der Waals surface area contributed by atoms with Crippen LogP contribution in [0, 0.1) is 0 Å². The molecule has 2 N–H and O–H groups in total. The van der Waals surface area contributed by atoms with Crippen molar-refractivity contribution in [3.63, 3.8) is 0 Å². The van der Waals surface area contributed by atoms with Gasteiger partial charge in [-0.15, -0.1) is 11.3 Å². The van der Waals surface area contributed by atoms with E-state index in [1.165, 1.54) is 11.3 Å². The van der Waals surface area contributed by atoms with Crippen LogP contribution in [-0.4, -0.2) is 43.0 Å². The van der Waals surface area contributed by atoms with E-state index in [-0.39, 0.29) is 18.4 Å². The molecule has 2 heterocycles. The van der Waals surface area contributed by atoms with Gasteiger partial charge in [-0.1, -0.05) is 11.6 Å². The second-order valence-electron chi connectivity index (χ2n) is 6.89. The molecule has 31 heavy (non-hydrogen) atoms. The van der Waals surface area contributed by atoms with Crippen molar-refractivity contribution in [3.8, 4) is 16.3 Å². The van der Waals surface area contributed by atoms with Crippen LogP contribution in [0.4, 0.5) is 11.4 Å². The van der Waals surface area contributed by atoms with Gasteiger partial charge in [0.25, 0.3) is 5.91 Å². The fourth-order valence-corrected chi connectivity index (χ4v) is 4.36. The lowest BCUT2D eigenvalue weighted by atomic mass is 10.2. The molecule has 3 aromatic rings. The summed E-state index contributed by atoms with van der Waals surface area (Å²) in [4.78, 5) is 30.6. The molecule has 1 aromatic heterocycles. The van der Waals surface area contributed by atoms with Crippen LogP contribution in [0.3, 0.4) is 0 Å². The van der Waals surface area contributed by atoms with Gasteiger partial charge in [-0.3, -0.25) is 9.59 Å². The fraction of sp³-hybridized carbons (Fsp3) is 0.227. The van der Waals surface area contributed by atoms with Crippen LogP contribution < -0.4 is 20.3 Å². The molecule has 1 fully saturated rings. The van der Waals surface area contributed by atoms with Crippen molar-refractivity contribution in [1.29, 1.82) is 0 Å². The third-order valence-corrected chi connectivity index (χ3v) is 5.93. The van der Waals surface area contributed by atoms with Crippen LogP contribution in [0.5, 0.6) is 5.75 Å². The highest BCUT2D eigenvalue weighted by atomic mass is 35.5. The number of thiazole rings is 1. The molecular weight excluding hydrogens is 436 g/mol.